The Bertz CT molecular complexity index is 482. The molecule has 4 heteroatoms. The number of pyridine rings is 2. The van der Waals surface area contributed by atoms with Crippen molar-refractivity contribution in [3.63, 3.8) is 0 Å². The van der Waals surface area contributed by atoms with Gasteiger partial charge in [0.25, 0.3) is 0 Å². The second kappa shape index (κ2) is 5.30. The molecule has 0 bridgehead atoms. The van der Waals surface area contributed by atoms with Gasteiger partial charge in [-0.2, -0.15) is 0 Å². The molecule has 0 aliphatic rings. The van der Waals surface area contributed by atoms with Crippen LogP contribution in [0.1, 0.15) is 11.3 Å². The number of anilines is 2. The summed E-state index contributed by atoms with van der Waals surface area (Å²) in [6, 6.07) is 7.77. The summed E-state index contributed by atoms with van der Waals surface area (Å²) in [5, 5.41) is 3.24. The van der Waals surface area contributed by atoms with E-state index in [9.17, 15) is 0 Å². The number of aromatic nitrogens is 2. The second-order valence-electron chi connectivity index (χ2n) is 3.93. The van der Waals surface area contributed by atoms with E-state index in [1.807, 2.05) is 31.3 Å². The summed E-state index contributed by atoms with van der Waals surface area (Å²) in [6.07, 6.45) is 4.55. The van der Waals surface area contributed by atoms with Crippen LogP contribution in [0.15, 0.2) is 36.7 Å². The number of nitrogens with one attached hydrogen (secondary N) is 1. The Morgan fingerprint density at radius 3 is 2.94 bits per heavy atom. The number of rotatable bonds is 4. The van der Waals surface area contributed by atoms with Gasteiger partial charge in [-0.1, -0.05) is 6.07 Å². The molecule has 3 N–H and O–H groups in total. The molecule has 0 aliphatic carbocycles. The van der Waals surface area contributed by atoms with Gasteiger partial charge in [-0.05, 0) is 37.1 Å². The number of hydrogen-bond acceptors (Lipinski definition) is 4. The van der Waals surface area contributed by atoms with Crippen LogP contribution in [0.3, 0.4) is 0 Å². The van der Waals surface area contributed by atoms with Crippen molar-refractivity contribution in [1.82, 2.24) is 9.97 Å². The number of hydrogen-bond donors (Lipinski definition) is 2. The minimum absolute atomic E-state index is 0.682. The van der Waals surface area contributed by atoms with E-state index in [0.29, 0.717) is 5.69 Å². The lowest BCUT2D eigenvalue weighted by Crippen LogP contribution is -2.09. The summed E-state index contributed by atoms with van der Waals surface area (Å²) < 4.78 is 0. The monoisotopic (exact) mass is 228 g/mol. The van der Waals surface area contributed by atoms with E-state index in [1.54, 1.807) is 6.20 Å². The molecule has 0 aromatic carbocycles. The zero-order chi connectivity index (χ0) is 12.1. The molecule has 2 aromatic rings. The second-order valence-corrected chi connectivity index (χ2v) is 3.93. The zero-order valence-electron chi connectivity index (χ0n) is 9.85. The van der Waals surface area contributed by atoms with Crippen LogP contribution in [0, 0.1) is 6.92 Å². The topological polar surface area (TPSA) is 63.8 Å². The third-order valence-corrected chi connectivity index (χ3v) is 2.49. The average Bonchev–Trinajstić information content (AvgIpc) is 2.35. The predicted molar refractivity (Wildman–Crippen MR) is 69.8 cm³/mol. The molecular formula is C13H16N4. The van der Waals surface area contributed by atoms with Crippen molar-refractivity contribution in [2.45, 2.75) is 13.3 Å². The van der Waals surface area contributed by atoms with Gasteiger partial charge in [-0.25, -0.2) is 4.98 Å². The summed E-state index contributed by atoms with van der Waals surface area (Å²) >= 11 is 0. The molecule has 2 heterocycles. The summed E-state index contributed by atoms with van der Waals surface area (Å²) in [4.78, 5) is 8.43. The lowest BCUT2D eigenvalue weighted by molar-refractivity contribution is 0.990. The van der Waals surface area contributed by atoms with Gasteiger partial charge in [0, 0.05) is 24.6 Å². The van der Waals surface area contributed by atoms with Crippen molar-refractivity contribution in [2.75, 3.05) is 17.6 Å². The van der Waals surface area contributed by atoms with Crippen LogP contribution in [0.25, 0.3) is 0 Å². The van der Waals surface area contributed by atoms with E-state index < -0.39 is 0 Å². The van der Waals surface area contributed by atoms with Gasteiger partial charge >= 0.3 is 0 Å². The number of nitrogens with two attached hydrogens (primary N) is 1. The van der Waals surface area contributed by atoms with Crippen LogP contribution >= 0.6 is 0 Å². The van der Waals surface area contributed by atoms with Crippen molar-refractivity contribution < 1.29 is 0 Å². The minimum Gasteiger partial charge on any atom is -0.396 e. The Labute approximate surface area is 101 Å². The molecule has 0 unspecified atom stereocenters. The molecule has 0 aliphatic heterocycles. The molecule has 0 amide bonds. The predicted octanol–water partition coefficient (Wildman–Crippen LogP) is 2.02. The van der Waals surface area contributed by atoms with Crippen molar-refractivity contribution >= 4 is 11.5 Å². The van der Waals surface area contributed by atoms with Crippen LogP contribution in [0.5, 0.6) is 0 Å². The summed E-state index contributed by atoms with van der Waals surface area (Å²) in [5.41, 5.74) is 8.68. The smallest absolute Gasteiger partial charge is 0.149 e. The lowest BCUT2D eigenvalue weighted by Gasteiger charge is -2.08. The highest BCUT2D eigenvalue weighted by molar-refractivity contribution is 5.61. The highest BCUT2D eigenvalue weighted by Crippen LogP contribution is 2.15. The first-order valence-electron chi connectivity index (χ1n) is 5.61. The largest absolute Gasteiger partial charge is 0.396 e. The van der Waals surface area contributed by atoms with E-state index in [4.69, 9.17) is 5.73 Å². The van der Waals surface area contributed by atoms with Crippen LogP contribution in [-0.4, -0.2) is 16.5 Å². The average molecular weight is 228 g/mol. The van der Waals surface area contributed by atoms with E-state index >= 15 is 0 Å². The lowest BCUT2D eigenvalue weighted by atomic mass is 10.2. The van der Waals surface area contributed by atoms with Gasteiger partial charge in [0.15, 0.2) is 0 Å². The first-order chi connectivity index (χ1) is 8.25. The van der Waals surface area contributed by atoms with Crippen LogP contribution in [-0.2, 0) is 6.42 Å². The molecule has 2 rings (SSSR count). The van der Waals surface area contributed by atoms with Crippen molar-refractivity contribution in [3.05, 3.63) is 47.9 Å². The molecule has 0 fully saturated rings. The molecule has 17 heavy (non-hydrogen) atoms. The van der Waals surface area contributed by atoms with E-state index in [-0.39, 0.29) is 0 Å². The van der Waals surface area contributed by atoms with Gasteiger partial charge in [0.1, 0.15) is 5.82 Å². The SMILES string of the molecule is Cc1ccc(N)c(NCCc2cccnc2)n1. The molecule has 4 nitrogen and oxygen atoms in total. The van der Waals surface area contributed by atoms with Gasteiger partial charge in [-0.15, -0.1) is 0 Å². The fourth-order valence-corrected chi connectivity index (χ4v) is 1.58. The van der Waals surface area contributed by atoms with Gasteiger partial charge in [0.2, 0.25) is 0 Å². The standard InChI is InChI=1S/C13H16N4/c1-10-4-5-12(14)13(17-10)16-8-6-11-3-2-7-15-9-11/h2-5,7,9H,6,8,14H2,1H3,(H,16,17). The van der Waals surface area contributed by atoms with Crippen LogP contribution in [0.4, 0.5) is 11.5 Å². The Balaban J connectivity index is 1.92. The molecule has 0 spiro atoms. The van der Waals surface area contributed by atoms with Gasteiger partial charge in [-0.3, -0.25) is 4.98 Å². The van der Waals surface area contributed by atoms with E-state index in [0.717, 1.165) is 24.5 Å². The van der Waals surface area contributed by atoms with Crippen molar-refractivity contribution in [1.29, 1.82) is 0 Å². The van der Waals surface area contributed by atoms with E-state index in [2.05, 4.69) is 21.4 Å². The first-order valence-corrected chi connectivity index (χ1v) is 5.61. The molecule has 0 atom stereocenters. The molecule has 2 aromatic heterocycles. The van der Waals surface area contributed by atoms with Gasteiger partial charge < -0.3 is 11.1 Å². The third-order valence-electron chi connectivity index (χ3n) is 2.49. The normalized spacial score (nSPS) is 10.2. The van der Waals surface area contributed by atoms with Crippen LogP contribution in [0.2, 0.25) is 0 Å². The molecule has 0 saturated carbocycles. The summed E-state index contributed by atoms with van der Waals surface area (Å²) in [6.45, 7) is 2.75. The van der Waals surface area contributed by atoms with Crippen molar-refractivity contribution in [2.24, 2.45) is 0 Å². The Kier molecular flexibility index (Phi) is 3.55. The Morgan fingerprint density at radius 2 is 2.18 bits per heavy atom. The molecule has 88 valence electrons. The Hall–Kier alpha value is -2.10. The number of aryl methyl sites for hydroxylation is 1. The van der Waals surface area contributed by atoms with E-state index in [1.165, 1.54) is 5.56 Å². The number of nitrogen functional groups attached to an aromatic ring is 1. The molecular weight excluding hydrogens is 212 g/mol. The fraction of sp³-hybridized carbons (Fsp3) is 0.231. The fourth-order valence-electron chi connectivity index (χ4n) is 1.58. The number of nitrogens with zero attached hydrogens (tertiary/aromatic N) is 2. The maximum atomic E-state index is 5.83. The molecule has 0 radical (unpaired) electrons. The molecule has 0 saturated heterocycles. The third kappa shape index (κ3) is 3.17. The summed E-state index contributed by atoms with van der Waals surface area (Å²) in [5.74, 6) is 0.758. The highest BCUT2D eigenvalue weighted by atomic mass is 15.0. The maximum Gasteiger partial charge on any atom is 0.149 e. The van der Waals surface area contributed by atoms with Gasteiger partial charge in [0.05, 0.1) is 5.69 Å². The van der Waals surface area contributed by atoms with Crippen LogP contribution < -0.4 is 11.1 Å². The van der Waals surface area contributed by atoms with Crippen molar-refractivity contribution in [3.8, 4) is 0 Å². The maximum absolute atomic E-state index is 5.83. The minimum atomic E-state index is 0.682. The zero-order valence-corrected chi connectivity index (χ0v) is 9.85. The Morgan fingerprint density at radius 1 is 1.29 bits per heavy atom. The summed E-state index contributed by atoms with van der Waals surface area (Å²) in [7, 11) is 0. The highest BCUT2D eigenvalue weighted by Gasteiger charge is 2.00. The first kappa shape index (κ1) is 11.4. The quantitative estimate of drug-likeness (QED) is 0.840.